The first-order chi connectivity index (χ1) is 11.6. The Balaban J connectivity index is 2.18. The number of nitrogens with one attached hydrogen (secondary N) is 1. The number of rotatable bonds is 2. The van der Waals surface area contributed by atoms with Gasteiger partial charge in [0.1, 0.15) is 5.58 Å². The van der Waals surface area contributed by atoms with Crippen molar-refractivity contribution in [1.82, 2.24) is 9.55 Å². The van der Waals surface area contributed by atoms with Crippen molar-refractivity contribution in [3.8, 4) is 0 Å². The van der Waals surface area contributed by atoms with Crippen LogP contribution >= 0.6 is 0 Å². The van der Waals surface area contributed by atoms with Gasteiger partial charge in [-0.05, 0) is 17.7 Å². The van der Waals surface area contributed by atoms with Crippen molar-refractivity contribution in [1.29, 1.82) is 0 Å². The van der Waals surface area contributed by atoms with Crippen LogP contribution in [-0.2, 0) is 6.54 Å². The second-order valence-electron chi connectivity index (χ2n) is 5.44. The summed E-state index contributed by atoms with van der Waals surface area (Å²) in [4.78, 5) is 38.9. The Labute approximate surface area is 134 Å². The number of hydrogen-bond donors (Lipinski definition) is 1. The molecule has 0 aliphatic rings. The van der Waals surface area contributed by atoms with Gasteiger partial charge in [-0.25, -0.2) is 4.79 Å². The van der Waals surface area contributed by atoms with Gasteiger partial charge in [-0.3, -0.25) is 14.2 Å². The van der Waals surface area contributed by atoms with Crippen LogP contribution in [0.25, 0.3) is 22.0 Å². The monoisotopic (exact) mass is 320 g/mol. The van der Waals surface area contributed by atoms with E-state index in [0.717, 1.165) is 5.56 Å². The summed E-state index contributed by atoms with van der Waals surface area (Å²) >= 11 is 0. The van der Waals surface area contributed by atoms with Gasteiger partial charge in [0.2, 0.25) is 0 Å². The van der Waals surface area contributed by atoms with Crippen LogP contribution in [0.4, 0.5) is 0 Å². The van der Waals surface area contributed by atoms with E-state index in [2.05, 4.69) is 4.98 Å². The summed E-state index contributed by atoms with van der Waals surface area (Å²) in [5, 5.41) is 0.594. The molecule has 0 fully saturated rings. The number of aromatic nitrogens is 2. The second kappa shape index (κ2) is 5.34. The van der Waals surface area contributed by atoms with Gasteiger partial charge in [-0.15, -0.1) is 0 Å². The zero-order chi connectivity index (χ0) is 16.7. The molecule has 0 radical (unpaired) electrons. The van der Waals surface area contributed by atoms with Crippen molar-refractivity contribution in [2.24, 2.45) is 0 Å². The summed E-state index contributed by atoms with van der Waals surface area (Å²) in [6, 6.07) is 16.2. The van der Waals surface area contributed by atoms with E-state index < -0.39 is 16.7 Å². The Morgan fingerprint density at radius 3 is 2.42 bits per heavy atom. The maximum atomic E-state index is 12.4. The molecule has 6 nitrogen and oxygen atoms in total. The smallest absolute Gasteiger partial charge is 0.362 e. The lowest BCUT2D eigenvalue weighted by molar-refractivity contribution is 0.565. The average molecular weight is 320 g/mol. The molecular weight excluding hydrogens is 308 g/mol. The zero-order valence-corrected chi connectivity index (χ0v) is 12.5. The van der Waals surface area contributed by atoms with E-state index in [1.807, 2.05) is 30.3 Å². The molecule has 118 valence electrons. The third kappa shape index (κ3) is 2.16. The molecule has 2 aromatic carbocycles. The maximum absolute atomic E-state index is 12.4. The third-order valence-electron chi connectivity index (χ3n) is 3.92. The summed E-state index contributed by atoms with van der Waals surface area (Å²) in [5.74, 6) is 0. The molecule has 0 bridgehead atoms. The number of aromatic amines is 1. The number of hydrogen-bond acceptors (Lipinski definition) is 4. The maximum Gasteiger partial charge on any atom is 0.362 e. The molecule has 0 aliphatic carbocycles. The van der Waals surface area contributed by atoms with E-state index in [9.17, 15) is 14.4 Å². The molecule has 2 heterocycles. The highest BCUT2D eigenvalue weighted by molar-refractivity contribution is 6.00. The largest absolute Gasteiger partial charge is 0.421 e. The van der Waals surface area contributed by atoms with Crippen molar-refractivity contribution in [3.05, 3.63) is 91.3 Å². The van der Waals surface area contributed by atoms with Gasteiger partial charge >= 0.3 is 16.7 Å². The predicted octanol–water partition coefficient (Wildman–Crippen LogP) is 1.84. The van der Waals surface area contributed by atoms with Gasteiger partial charge in [0.15, 0.2) is 5.52 Å². The molecule has 0 atom stereocenters. The quantitative estimate of drug-likeness (QED) is 0.347. The first-order valence-electron chi connectivity index (χ1n) is 7.38. The fourth-order valence-corrected chi connectivity index (χ4v) is 2.83. The van der Waals surface area contributed by atoms with E-state index in [4.69, 9.17) is 4.42 Å². The average Bonchev–Trinajstić information content (AvgIpc) is 2.60. The Kier molecular flexibility index (Phi) is 3.16. The number of para-hydroxylation sites is 1. The number of nitrogens with zero attached hydrogens (tertiary/aromatic N) is 1. The van der Waals surface area contributed by atoms with Crippen LogP contribution in [0, 0.1) is 0 Å². The minimum Gasteiger partial charge on any atom is -0.421 e. The van der Waals surface area contributed by atoms with Crippen molar-refractivity contribution < 1.29 is 4.42 Å². The Hall–Kier alpha value is -3.41. The molecule has 1 N–H and O–H groups in total. The molecule has 0 saturated carbocycles. The Bertz CT molecular complexity index is 1230. The van der Waals surface area contributed by atoms with Gasteiger partial charge < -0.3 is 9.40 Å². The third-order valence-corrected chi connectivity index (χ3v) is 3.92. The summed E-state index contributed by atoms with van der Waals surface area (Å²) in [7, 11) is 0. The molecule has 0 unspecified atom stereocenters. The van der Waals surface area contributed by atoms with Gasteiger partial charge in [-0.2, -0.15) is 0 Å². The summed E-state index contributed by atoms with van der Waals surface area (Å²) in [6.45, 7) is 0.188. The zero-order valence-electron chi connectivity index (χ0n) is 12.5. The van der Waals surface area contributed by atoms with Crippen LogP contribution < -0.4 is 16.7 Å². The lowest BCUT2D eigenvalue weighted by Gasteiger charge is -2.11. The molecular formula is C18H12N2O4. The van der Waals surface area contributed by atoms with Crippen LogP contribution in [0.1, 0.15) is 5.56 Å². The molecule has 0 aliphatic heterocycles. The van der Waals surface area contributed by atoms with Crippen LogP contribution in [0.3, 0.4) is 0 Å². The van der Waals surface area contributed by atoms with Gasteiger partial charge in [0.05, 0.1) is 12.1 Å². The van der Waals surface area contributed by atoms with Crippen molar-refractivity contribution in [2.75, 3.05) is 0 Å². The van der Waals surface area contributed by atoms with Gasteiger partial charge in [0, 0.05) is 5.39 Å². The van der Waals surface area contributed by atoms with Crippen LogP contribution in [-0.4, -0.2) is 9.55 Å². The number of fused-ring (bicyclic) bond motifs is 3. The lowest BCUT2D eigenvalue weighted by atomic mass is 10.2. The highest BCUT2D eigenvalue weighted by Gasteiger charge is 2.15. The molecule has 6 heteroatoms. The minimum absolute atomic E-state index is 0.00534. The number of benzene rings is 2. The van der Waals surface area contributed by atoms with Crippen molar-refractivity contribution in [3.63, 3.8) is 0 Å². The fourth-order valence-electron chi connectivity index (χ4n) is 2.83. The lowest BCUT2D eigenvalue weighted by Crippen LogP contribution is -2.37. The van der Waals surface area contributed by atoms with Crippen LogP contribution in [0.15, 0.2) is 73.4 Å². The highest BCUT2D eigenvalue weighted by atomic mass is 16.4. The van der Waals surface area contributed by atoms with Crippen LogP contribution in [0.2, 0.25) is 0 Å². The van der Waals surface area contributed by atoms with E-state index in [1.54, 1.807) is 24.3 Å². The van der Waals surface area contributed by atoms with E-state index in [1.165, 1.54) is 4.57 Å². The fraction of sp³-hybridized carbons (Fsp3) is 0.0556. The predicted molar refractivity (Wildman–Crippen MR) is 90.4 cm³/mol. The minimum atomic E-state index is -0.846. The first kappa shape index (κ1) is 14.2. The van der Waals surface area contributed by atoms with Crippen molar-refractivity contribution >= 4 is 22.0 Å². The van der Waals surface area contributed by atoms with Crippen LogP contribution in [0.5, 0.6) is 0 Å². The molecule has 4 aromatic rings. The standard InChI is InChI=1S/C18H12N2O4/c21-16-17(22)20(10-11-6-2-1-3-7-11)15-12-8-4-5-9-13(12)24-18(23)14(15)19-16/h1-9H,10H2,(H,19,21). The van der Waals surface area contributed by atoms with Gasteiger partial charge in [0.25, 0.3) is 0 Å². The van der Waals surface area contributed by atoms with E-state index in [-0.39, 0.29) is 12.1 Å². The topological polar surface area (TPSA) is 85.1 Å². The molecule has 0 spiro atoms. The molecule has 0 saturated heterocycles. The molecule has 0 amide bonds. The Morgan fingerprint density at radius 1 is 0.917 bits per heavy atom. The summed E-state index contributed by atoms with van der Waals surface area (Å²) in [5.41, 5.74) is -0.651. The summed E-state index contributed by atoms with van der Waals surface area (Å²) in [6.07, 6.45) is 0. The van der Waals surface area contributed by atoms with E-state index >= 15 is 0 Å². The molecule has 4 rings (SSSR count). The summed E-state index contributed by atoms with van der Waals surface area (Å²) < 4.78 is 6.56. The molecule has 2 aromatic heterocycles. The number of H-pyrrole nitrogens is 1. The van der Waals surface area contributed by atoms with Crippen molar-refractivity contribution in [2.45, 2.75) is 6.54 Å². The first-order valence-corrected chi connectivity index (χ1v) is 7.38. The highest BCUT2D eigenvalue weighted by Crippen LogP contribution is 2.20. The molecule has 24 heavy (non-hydrogen) atoms. The van der Waals surface area contributed by atoms with E-state index in [0.29, 0.717) is 16.5 Å². The van der Waals surface area contributed by atoms with Gasteiger partial charge in [-0.1, -0.05) is 42.5 Å². The second-order valence-corrected chi connectivity index (χ2v) is 5.44. The Morgan fingerprint density at radius 2 is 1.62 bits per heavy atom. The SMILES string of the molecule is O=c1[nH]c2c(=O)oc3ccccc3c2n(Cc2ccccc2)c1=O. The normalized spacial score (nSPS) is 11.2.